The summed E-state index contributed by atoms with van der Waals surface area (Å²) in [4.78, 5) is 11.8. The molecule has 5 heteroatoms. The van der Waals surface area contributed by atoms with Crippen LogP contribution in [0.1, 0.15) is 10.4 Å². The summed E-state index contributed by atoms with van der Waals surface area (Å²) in [6, 6.07) is 10.5. The Balaban J connectivity index is 2.22. The molecule has 0 saturated heterocycles. The molecule has 0 aliphatic rings. The van der Waals surface area contributed by atoms with Gasteiger partial charge in [-0.15, -0.1) is 0 Å². The molecule has 0 aliphatic carbocycles. The zero-order valence-corrected chi connectivity index (χ0v) is 9.46. The van der Waals surface area contributed by atoms with Gasteiger partial charge in [-0.2, -0.15) is 0 Å². The van der Waals surface area contributed by atoms with Crippen LogP contribution >= 0.6 is 0 Å². The molecule has 92 valence electrons. The van der Waals surface area contributed by atoms with E-state index in [0.29, 0.717) is 5.69 Å². The van der Waals surface area contributed by atoms with Gasteiger partial charge in [0.25, 0.3) is 0 Å². The lowest BCUT2D eigenvalue weighted by Crippen LogP contribution is -2.11. The maximum Gasteiger partial charge on any atom is 0.345 e. The Kier molecular flexibility index (Phi) is 3.05. The smallest absolute Gasteiger partial charge is 0.345 e. The minimum absolute atomic E-state index is 0.0191. The van der Waals surface area contributed by atoms with Gasteiger partial charge in [-0.05, 0) is 30.3 Å². The van der Waals surface area contributed by atoms with E-state index in [2.05, 4.69) is 0 Å². The average molecular weight is 244 g/mol. The highest BCUT2D eigenvalue weighted by Crippen LogP contribution is 2.21. The molecule has 0 unspecified atom stereocenters. The summed E-state index contributed by atoms with van der Waals surface area (Å²) < 4.78 is 5.08. The van der Waals surface area contributed by atoms with Gasteiger partial charge in [-0.3, -0.25) is 0 Å². The second-order valence-electron chi connectivity index (χ2n) is 3.73. The van der Waals surface area contributed by atoms with Crippen LogP contribution in [0.4, 0.5) is 11.4 Å². The van der Waals surface area contributed by atoms with Crippen LogP contribution in [0.2, 0.25) is 0 Å². The van der Waals surface area contributed by atoms with Crippen LogP contribution in [0.15, 0.2) is 42.5 Å². The Morgan fingerprint density at radius 1 is 1.11 bits per heavy atom. The number of aromatic hydroxyl groups is 1. The summed E-state index contributed by atoms with van der Waals surface area (Å²) in [6.07, 6.45) is 0. The van der Waals surface area contributed by atoms with Crippen molar-refractivity contribution < 1.29 is 14.6 Å². The van der Waals surface area contributed by atoms with Crippen molar-refractivity contribution in [3.05, 3.63) is 48.0 Å². The topological polar surface area (TPSA) is 98.6 Å². The zero-order valence-electron chi connectivity index (χ0n) is 9.46. The van der Waals surface area contributed by atoms with Crippen molar-refractivity contribution in [2.24, 2.45) is 0 Å². The molecule has 0 saturated carbocycles. The molecule has 0 amide bonds. The van der Waals surface area contributed by atoms with Crippen LogP contribution in [0, 0.1) is 0 Å². The number of ether oxygens (including phenoxy) is 1. The summed E-state index contributed by atoms with van der Waals surface area (Å²) in [5.41, 5.74) is 12.2. The maximum absolute atomic E-state index is 11.8. The molecule has 0 heterocycles. The van der Waals surface area contributed by atoms with Gasteiger partial charge in [0.15, 0.2) is 0 Å². The summed E-state index contributed by atoms with van der Waals surface area (Å²) in [6.45, 7) is 0. The minimum atomic E-state index is -0.599. The van der Waals surface area contributed by atoms with Crippen LogP contribution in [-0.4, -0.2) is 11.1 Å². The molecule has 2 rings (SSSR count). The third-order valence-corrected chi connectivity index (χ3v) is 2.32. The van der Waals surface area contributed by atoms with E-state index in [1.165, 1.54) is 24.3 Å². The Bertz CT molecular complexity index is 597. The molecule has 0 bridgehead atoms. The van der Waals surface area contributed by atoms with Crippen molar-refractivity contribution in [3.63, 3.8) is 0 Å². The molecule has 18 heavy (non-hydrogen) atoms. The van der Waals surface area contributed by atoms with E-state index >= 15 is 0 Å². The van der Waals surface area contributed by atoms with Crippen molar-refractivity contribution in [1.82, 2.24) is 0 Å². The van der Waals surface area contributed by atoms with Crippen molar-refractivity contribution in [1.29, 1.82) is 0 Å². The quantitative estimate of drug-likeness (QED) is 0.425. The van der Waals surface area contributed by atoms with E-state index in [1.807, 2.05) is 0 Å². The van der Waals surface area contributed by atoms with Gasteiger partial charge in [0.1, 0.15) is 11.5 Å². The lowest BCUT2D eigenvalue weighted by molar-refractivity contribution is 0.0736. The lowest BCUT2D eigenvalue weighted by atomic mass is 10.1. The number of benzene rings is 2. The molecule has 0 spiro atoms. The predicted molar refractivity (Wildman–Crippen MR) is 68.3 cm³/mol. The van der Waals surface area contributed by atoms with E-state index in [-0.39, 0.29) is 22.7 Å². The van der Waals surface area contributed by atoms with Crippen molar-refractivity contribution >= 4 is 17.3 Å². The van der Waals surface area contributed by atoms with Crippen LogP contribution in [0.25, 0.3) is 0 Å². The monoisotopic (exact) mass is 244 g/mol. The number of esters is 1. The van der Waals surface area contributed by atoms with Crippen LogP contribution in [0.3, 0.4) is 0 Å². The zero-order chi connectivity index (χ0) is 13.1. The summed E-state index contributed by atoms with van der Waals surface area (Å²) in [5, 5.41) is 9.25. The number of carbonyl (C=O) groups is 1. The van der Waals surface area contributed by atoms with Gasteiger partial charge >= 0.3 is 5.97 Å². The van der Waals surface area contributed by atoms with Crippen molar-refractivity contribution in [2.45, 2.75) is 0 Å². The second kappa shape index (κ2) is 4.67. The van der Waals surface area contributed by atoms with E-state index in [9.17, 15) is 9.90 Å². The molecular formula is C13H12N2O3. The van der Waals surface area contributed by atoms with Gasteiger partial charge in [-0.1, -0.05) is 6.07 Å². The average Bonchev–Trinajstić information content (AvgIpc) is 2.28. The van der Waals surface area contributed by atoms with Gasteiger partial charge in [0.05, 0.1) is 5.56 Å². The van der Waals surface area contributed by atoms with Crippen molar-refractivity contribution in [2.75, 3.05) is 11.5 Å². The number of phenols is 1. The largest absolute Gasteiger partial charge is 0.508 e. The van der Waals surface area contributed by atoms with Crippen LogP contribution in [-0.2, 0) is 0 Å². The van der Waals surface area contributed by atoms with Gasteiger partial charge in [0.2, 0.25) is 0 Å². The number of nitrogen functional groups attached to an aromatic ring is 2. The highest BCUT2D eigenvalue weighted by molar-refractivity contribution is 5.97. The maximum atomic E-state index is 11.8. The molecule has 5 nitrogen and oxygen atoms in total. The molecule has 2 aromatic rings. The molecule has 2 aromatic carbocycles. The van der Waals surface area contributed by atoms with Gasteiger partial charge in [-0.25, -0.2) is 4.79 Å². The molecule has 0 aromatic heterocycles. The number of hydrogen-bond donors (Lipinski definition) is 3. The SMILES string of the molecule is Nc1ccc(C(=O)Oc2cccc(O)c2)c(N)c1. The van der Waals surface area contributed by atoms with E-state index < -0.39 is 5.97 Å². The van der Waals surface area contributed by atoms with Crippen molar-refractivity contribution in [3.8, 4) is 11.5 Å². The first-order chi connectivity index (χ1) is 8.56. The number of nitrogens with two attached hydrogens (primary N) is 2. The Labute approximate surface area is 104 Å². The minimum Gasteiger partial charge on any atom is -0.508 e. The number of carbonyl (C=O) groups excluding carboxylic acids is 1. The first kappa shape index (κ1) is 11.8. The normalized spacial score (nSPS) is 10.0. The summed E-state index contributed by atoms with van der Waals surface area (Å²) >= 11 is 0. The van der Waals surface area contributed by atoms with E-state index in [1.54, 1.807) is 18.2 Å². The Morgan fingerprint density at radius 3 is 2.56 bits per heavy atom. The molecule has 0 aliphatic heterocycles. The number of phenolic OH excluding ortho intramolecular Hbond substituents is 1. The molecule has 0 radical (unpaired) electrons. The van der Waals surface area contributed by atoms with Gasteiger partial charge in [0, 0.05) is 17.4 Å². The first-order valence-electron chi connectivity index (χ1n) is 5.22. The van der Waals surface area contributed by atoms with Gasteiger partial charge < -0.3 is 21.3 Å². The number of hydrogen-bond acceptors (Lipinski definition) is 5. The highest BCUT2D eigenvalue weighted by Gasteiger charge is 2.12. The lowest BCUT2D eigenvalue weighted by Gasteiger charge is -2.07. The van der Waals surface area contributed by atoms with Crippen LogP contribution < -0.4 is 16.2 Å². The predicted octanol–water partition coefficient (Wildman–Crippen LogP) is 1.78. The summed E-state index contributed by atoms with van der Waals surface area (Å²) in [5.74, 6) is -0.333. The Hall–Kier alpha value is -2.69. The second-order valence-corrected chi connectivity index (χ2v) is 3.73. The number of anilines is 2. The molecule has 0 fully saturated rings. The standard InChI is InChI=1S/C13H12N2O3/c14-8-4-5-11(12(15)6-8)13(17)18-10-3-1-2-9(16)7-10/h1-7,16H,14-15H2. The molecular weight excluding hydrogens is 232 g/mol. The third kappa shape index (κ3) is 2.52. The number of rotatable bonds is 2. The van der Waals surface area contributed by atoms with E-state index in [4.69, 9.17) is 16.2 Å². The molecule has 5 N–H and O–H groups in total. The fourth-order valence-electron chi connectivity index (χ4n) is 1.48. The molecule has 0 atom stereocenters. The Morgan fingerprint density at radius 2 is 1.89 bits per heavy atom. The van der Waals surface area contributed by atoms with E-state index in [0.717, 1.165) is 0 Å². The highest BCUT2D eigenvalue weighted by atomic mass is 16.5. The fourth-order valence-corrected chi connectivity index (χ4v) is 1.48. The third-order valence-electron chi connectivity index (χ3n) is 2.32. The van der Waals surface area contributed by atoms with Crippen LogP contribution in [0.5, 0.6) is 11.5 Å². The summed E-state index contributed by atoms with van der Waals surface area (Å²) in [7, 11) is 0. The first-order valence-corrected chi connectivity index (χ1v) is 5.22. The fraction of sp³-hybridized carbons (Fsp3) is 0.